The molecular weight excluding hydrogens is 655 g/mol. The van der Waals surface area contributed by atoms with Crippen LogP contribution in [0.4, 0.5) is 17.1 Å². The molecule has 0 fully saturated rings. The van der Waals surface area contributed by atoms with Gasteiger partial charge in [-0.15, -0.1) is 0 Å². The maximum Gasteiger partial charge on any atom is 0.135 e. The number of para-hydroxylation sites is 2. The van der Waals surface area contributed by atoms with Crippen molar-refractivity contribution in [2.24, 2.45) is 0 Å². The number of nitrogens with zero attached hydrogens (tertiary/aromatic N) is 1. The molecule has 1 heterocycles. The van der Waals surface area contributed by atoms with E-state index >= 15 is 0 Å². The van der Waals surface area contributed by atoms with E-state index in [4.69, 9.17) is 4.42 Å². The average Bonchev–Trinajstić information content (AvgIpc) is 3.70. The van der Waals surface area contributed by atoms with Gasteiger partial charge in [0.1, 0.15) is 11.3 Å². The van der Waals surface area contributed by atoms with Gasteiger partial charge in [0.25, 0.3) is 0 Å². The first-order valence-electron chi connectivity index (χ1n) is 18.4. The summed E-state index contributed by atoms with van der Waals surface area (Å²) in [6.07, 6.45) is 0. The fraction of sp³-hybridized carbons (Fsp3) is 0. The first kappa shape index (κ1) is 31.6. The highest BCUT2D eigenvalue weighted by Gasteiger charge is 2.20. The molecule has 0 saturated heterocycles. The molecule has 0 radical (unpaired) electrons. The van der Waals surface area contributed by atoms with Gasteiger partial charge in [0.2, 0.25) is 0 Å². The number of fused-ring (bicyclic) bond motifs is 4. The Morgan fingerprint density at radius 2 is 0.889 bits per heavy atom. The van der Waals surface area contributed by atoms with Gasteiger partial charge in [0, 0.05) is 27.6 Å². The second-order valence-electron chi connectivity index (χ2n) is 13.7. The maximum absolute atomic E-state index is 6.17. The molecule has 0 aliphatic carbocycles. The van der Waals surface area contributed by atoms with E-state index in [1.54, 1.807) is 0 Å². The van der Waals surface area contributed by atoms with E-state index in [1.807, 2.05) is 18.2 Å². The molecule has 2 nitrogen and oxygen atoms in total. The zero-order valence-corrected chi connectivity index (χ0v) is 29.6. The van der Waals surface area contributed by atoms with E-state index in [0.717, 1.165) is 44.9 Å². The molecule has 54 heavy (non-hydrogen) atoms. The Kier molecular flexibility index (Phi) is 7.85. The number of hydrogen-bond donors (Lipinski definition) is 0. The van der Waals surface area contributed by atoms with Crippen LogP contribution in [0.25, 0.3) is 77.2 Å². The summed E-state index contributed by atoms with van der Waals surface area (Å²) < 4.78 is 6.17. The minimum Gasteiger partial charge on any atom is -0.456 e. The Balaban J connectivity index is 1.04. The summed E-state index contributed by atoms with van der Waals surface area (Å²) in [6.45, 7) is 0. The minimum atomic E-state index is 0.881. The van der Waals surface area contributed by atoms with Gasteiger partial charge >= 0.3 is 0 Å². The summed E-state index contributed by atoms with van der Waals surface area (Å²) in [7, 11) is 0. The number of furan rings is 1. The van der Waals surface area contributed by atoms with E-state index < -0.39 is 0 Å². The van der Waals surface area contributed by atoms with Gasteiger partial charge < -0.3 is 9.32 Å². The fourth-order valence-electron chi connectivity index (χ4n) is 7.79. The number of anilines is 3. The SMILES string of the molecule is c1ccc(-c2ccccc2N(c2ccc(-c3ccc(-c4cccc(-c5cc6ccccc6o5)c4)cc3)cc2)c2cc3ccccc3c3ccccc23)cc1. The van der Waals surface area contributed by atoms with Gasteiger partial charge in [-0.2, -0.15) is 0 Å². The molecule has 0 spiro atoms. The highest BCUT2D eigenvalue weighted by molar-refractivity contribution is 6.15. The zero-order valence-electron chi connectivity index (χ0n) is 29.6. The lowest BCUT2D eigenvalue weighted by atomic mass is 9.96. The van der Waals surface area contributed by atoms with Crippen molar-refractivity contribution in [3.63, 3.8) is 0 Å². The second-order valence-corrected chi connectivity index (χ2v) is 13.7. The van der Waals surface area contributed by atoms with Gasteiger partial charge in [0.05, 0.1) is 11.4 Å². The minimum absolute atomic E-state index is 0.881. The van der Waals surface area contributed by atoms with Crippen LogP contribution in [0.15, 0.2) is 217 Å². The molecule has 10 aromatic rings. The lowest BCUT2D eigenvalue weighted by molar-refractivity contribution is 0.631. The number of rotatable bonds is 7. The van der Waals surface area contributed by atoms with E-state index in [0.29, 0.717) is 0 Å². The molecule has 0 amide bonds. The van der Waals surface area contributed by atoms with Gasteiger partial charge in [-0.1, -0.05) is 170 Å². The molecule has 9 aromatic carbocycles. The summed E-state index contributed by atoms with van der Waals surface area (Å²) in [6, 6.07) is 75.9. The van der Waals surface area contributed by atoms with Crippen molar-refractivity contribution in [2.75, 3.05) is 4.90 Å². The third-order valence-electron chi connectivity index (χ3n) is 10.5. The van der Waals surface area contributed by atoms with Crippen molar-refractivity contribution in [1.82, 2.24) is 0 Å². The normalized spacial score (nSPS) is 11.3. The van der Waals surface area contributed by atoms with Crippen molar-refractivity contribution in [1.29, 1.82) is 0 Å². The molecule has 0 saturated carbocycles. The topological polar surface area (TPSA) is 16.4 Å². The fourth-order valence-corrected chi connectivity index (χ4v) is 7.79. The highest BCUT2D eigenvalue weighted by atomic mass is 16.3. The molecule has 0 unspecified atom stereocenters. The Hall–Kier alpha value is -7.16. The van der Waals surface area contributed by atoms with Crippen LogP contribution in [-0.2, 0) is 0 Å². The molecule has 0 aliphatic heterocycles. The molecule has 0 atom stereocenters. The van der Waals surface area contributed by atoms with E-state index in [-0.39, 0.29) is 0 Å². The van der Waals surface area contributed by atoms with Crippen LogP contribution in [0.3, 0.4) is 0 Å². The Bertz CT molecular complexity index is 2890. The van der Waals surface area contributed by atoms with Gasteiger partial charge in [-0.25, -0.2) is 0 Å². The monoisotopic (exact) mass is 689 g/mol. The average molecular weight is 690 g/mol. The number of hydrogen-bond acceptors (Lipinski definition) is 2. The van der Waals surface area contributed by atoms with Gasteiger partial charge in [0.15, 0.2) is 0 Å². The maximum atomic E-state index is 6.17. The summed E-state index contributed by atoms with van der Waals surface area (Å²) in [5.41, 5.74) is 12.4. The third kappa shape index (κ3) is 5.71. The molecule has 10 rings (SSSR count). The van der Waals surface area contributed by atoms with Crippen LogP contribution in [0, 0.1) is 0 Å². The predicted molar refractivity (Wildman–Crippen MR) is 228 cm³/mol. The van der Waals surface area contributed by atoms with Crippen molar-refractivity contribution in [3.8, 4) is 44.7 Å². The lowest BCUT2D eigenvalue weighted by Crippen LogP contribution is -2.12. The van der Waals surface area contributed by atoms with Crippen LogP contribution in [0.1, 0.15) is 0 Å². The first-order chi connectivity index (χ1) is 26.8. The van der Waals surface area contributed by atoms with Crippen LogP contribution < -0.4 is 4.90 Å². The largest absolute Gasteiger partial charge is 0.456 e. The Morgan fingerprint density at radius 1 is 0.315 bits per heavy atom. The first-order valence-corrected chi connectivity index (χ1v) is 18.4. The van der Waals surface area contributed by atoms with E-state index in [1.165, 1.54) is 49.4 Å². The smallest absolute Gasteiger partial charge is 0.135 e. The zero-order chi connectivity index (χ0) is 35.8. The second kappa shape index (κ2) is 13.4. The summed E-state index contributed by atoms with van der Waals surface area (Å²) >= 11 is 0. The van der Waals surface area contributed by atoms with Crippen LogP contribution in [0.2, 0.25) is 0 Å². The molecule has 0 aliphatic rings. The summed E-state index contributed by atoms with van der Waals surface area (Å²) in [4.78, 5) is 2.43. The number of benzene rings is 9. The van der Waals surface area contributed by atoms with E-state index in [2.05, 4.69) is 199 Å². The van der Waals surface area contributed by atoms with Crippen LogP contribution in [0.5, 0.6) is 0 Å². The highest BCUT2D eigenvalue weighted by Crippen LogP contribution is 2.45. The summed E-state index contributed by atoms with van der Waals surface area (Å²) in [5, 5.41) is 6.04. The lowest BCUT2D eigenvalue weighted by Gasteiger charge is -2.29. The quantitative estimate of drug-likeness (QED) is 0.155. The molecular formula is C52H35NO. The molecule has 1 aromatic heterocycles. The molecule has 2 heteroatoms. The van der Waals surface area contributed by atoms with Crippen molar-refractivity contribution >= 4 is 49.6 Å². The van der Waals surface area contributed by atoms with Crippen LogP contribution >= 0.6 is 0 Å². The molecule has 0 N–H and O–H groups in total. The Morgan fingerprint density at radius 3 is 1.67 bits per heavy atom. The third-order valence-corrected chi connectivity index (χ3v) is 10.5. The standard InChI is InChI=1S/C52H35NO/c1-2-13-39(14-3-1)46-20-9-10-23-49(46)53(50-34-41-15-4-6-19-45(41)47-21-7-8-22-48(47)50)44-31-29-37(30-32-44)36-25-27-38(28-26-36)40-17-12-18-42(33-40)52-35-43-16-5-11-24-51(43)54-52/h1-35H. The molecule has 0 bridgehead atoms. The van der Waals surface area contributed by atoms with Crippen molar-refractivity contribution in [3.05, 3.63) is 212 Å². The Labute approximate surface area is 314 Å². The predicted octanol–water partition coefficient (Wildman–Crippen LogP) is 14.9. The van der Waals surface area contributed by atoms with Gasteiger partial charge in [-0.3, -0.25) is 0 Å². The van der Waals surface area contributed by atoms with Gasteiger partial charge in [-0.05, 0) is 86.4 Å². The van der Waals surface area contributed by atoms with Crippen LogP contribution in [-0.4, -0.2) is 0 Å². The summed E-state index contributed by atoms with van der Waals surface area (Å²) in [5.74, 6) is 0.881. The van der Waals surface area contributed by atoms with Crippen molar-refractivity contribution < 1.29 is 4.42 Å². The molecule has 254 valence electrons. The van der Waals surface area contributed by atoms with Crippen molar-refractivity contribution in [2.45, 2.75) is 0 Å². The van der Waals surface area contributed by atoms with E-state index in [9.17, 15) is 0 Å².